The Labute approximate surface area is 119 Å². The van der Waals surface area contributed by atoms with Crippen LogP contribution in [0.25, 0.3) is 0 Å². The average Bonchev–Trinajstić information content (AvgIpc) is 2.66. The molecular weight excluding hydrogens is 254 g/mol. The number of rotatable bonds is 4. The molecule has 5 heteroatoms. The van der Waals surface area contributed by atoms with E-state index in [4.69, 9.17) is 4.74 Å². The molecule has 0 aliphatic carbocycles. The summed E-state index contributed by atoms with van der Waals surface area (Å²) in [5.74, 6) is 0.632. The van der Waals surface area contributed by atoms with Crippen molar-refractivity contribution >= 4 is 5.69 Å². The van der Waals surface area contributed by atoms with E-state index < -0.39 is 0 Å². The standard InChI is InChI=1S/C15H21N3O2/c1-9(12-6-7-13(19)14(8-12)20-5)16-15-10(2)17-18(4)11(15)3/h6-9,16,19H,1-5H3. The van der Waals surface area contributed by atoms with Crippen molar-refractivity contribution in [1.29, 1.82) is 0 Å². The van der Waals surface area contributed by atoms with Gasteiger partial charge in [-0.2, -0.15) is 5.10 Å². The van der Waals surface area contributed by atoms with E-state index >= 15 is 0 Å². The predicted molar refractivity (Wildman–Crippen MR) is 79.4 cm³/mol. The third kappa shape index (κ3) is 2.57. The van der Waals surface area contributed by atoms with Crippen LogP contribution in [0.1, 0.15) is 29.9 Å². The van der Waals surface area contributed by atoms with E-state index in [1.807, 2.05) is 37.7 Å². The van der Waals surface area contributed by atoms with Gasteiger partial charge in [-0.15, -0.1) is 0 Å². The van der Waals surface area contributed by atoms with Gasteiger partial charge >= 0.3 is 0 Å². The Morgan fingerprint density at radius 3 is 2.60 bits per heavy atom. The summed E-state index contributed by atoms with van der Waals surface area (Å²) in [5, 5.41) is 17.5. The van der Waals surface area contributed by atoms with Gasteiger partial charge in [-0.05, 0) is 38.5 Å². The summed E-state index contributed by atoms with van der Waals surface area (Å²) in [6.07, 6.45) is 0. The summed E-state index contributed by atoms with van der Waals surface area (Å²) >= 11 is 0. The highest BCUT2D eigenvalue weighted by atomic mass is 16.5. The number of aromatic hydroxyl groups is 1. The molecule has 0 spiro atoms. The zero-order chi connectivity index (χ0) is 14.9. The molecule has 1 aromatic carbocycles. The molecule has 1 heterocycles. The average molecular weight is 275 g/mol. The van der Waals surface area contributed by atoms with Crippen molar-refractivity contribution in [2.45, 2.75) is 26.8 Å². The zero-order valence-electron chi connectivity index (χ0n) is 12.6. The lowest BCUT2D eigenvalue weighted by atomic mass is 10.1. The van der Waals surface area contributed by atoms with Crippen LogP contribution in [0.4, 0.5) is 5.69 Å². The van der Waals surface area contributed by atoms with Gasteiger partial charge in [0.15, 0.2) is 11.5 Å². The smallest absolute Gasteiger partial charge is 0.160 e. The highest BCUT2D eigenvalue weighted by Crippen LogP contribution is 2.31. The number of phenolic OH excluding ortho intramolecular Hbond substituents is 1. The Morgan fingerprint density at radius 1 is 1.35 bits per heavy atom. The number of methoxy groups -OCH3 is 1. The predicted octanol–water partition coefficient (Wildman–Crippen LogP) is 2.92. The van der Waals surface area contributed by atoms with E-state index in [1.165, 1.54) is 0 Å². The van der Waals surface area contributed by atoms with E-state index in [0.717, 1.165) is 22.6 Å². The zero-order valence-corrected chi connectivity index (χ0v) is 12.6. The van der Waals surface area contributed by atoms with Gasteiger partial charge in [0.1, 0.15) is 0 Å². The number of phenols is 1. The van der Waals surface area contributed by atoms with Crippen LogP contribution in [-0.2, 0) is 7.05 Å². The largest absolute Gasteiger partial charge is 0.504 e. The van der Waals surface area contributed by atoms with Gasteiger partial charge < -0.3 is 15.2 Å². The summed E-state index contributed by atoms with van der Waals surface area (Å²) in [4.78, 5) is 0. The van der Waals surface area contributed by atoms with Crippen LogP contribution < -0.4 is 10.1 Å². The minimum Gasteiger partial charge on any atom is -0.504 e. The molecule has 1 atom stereocenters. The summed E-state index contributed by atoms with van der Waals surface area (Å²) in [6.45, 7) is 6.09. The summed E-state index contributed by atoms with van der Waals surface area (Å²) in [6, 6.07) is 5.46. The molecule has 5 nitrogen and oxygen atoms in total. The van der Waals surface area contributed by atoms with Gasteiger partial charge in [-0.1, -0.05) is 6.07 Å². The lowest BCUT2D eigenvalue weighted by molar-refractivity contribution is 0.373. The summed E-state index contributed by atoms with van der Waals surface area (Å²) in [7, 11) is 3.48. The number of hydrogen-bond donors (Lipinski definition) is 2. The Kier molecular flexibility index (Phi) is 3.88. The molecule has 0 bridgehead atoms. The van der Waals surface area contributed by atoms with Crippen LogP contribution in [0.15, 0.2) is 18.2 Å². The molecule has 0 radical (unpaired) electrons. The van der Waals surface area contributed by atoms with Gasteiger partial charge in [-0.25, -0.2) is 0 Å². The second-order valence-electron chi connectivity index (χ2n) is 4.97. The first-order valence-electron chi connectivity index (χ1n) is 6.57. The molecule has 20 heavy (non-hydrogen) atoms. The van der Waals surface area contributed by atoms with Gasteiger partial charge in [0.25, 0.3) is 0 Å². The second kappa shape index (κ2) is 5.45. The first-order valence-corrected chi connectivity index (χ1v) is 6.57. The molecule has 1 unspecified atom stereocenters. The molecule has 0 fully saturated rings. The minimum atomic E-state index is 0.0890. The van der Waals surface area contributed by atoms with Crippen molar-refractivity contribution in [3.05, 3.63) is 35.2 Å². The van der Waals surface area contributed by atoms with Gasteiger partial charge in [0.05, 0.1) is 24.2 Å². The number of nitrogens with zero attached hydrogens (tertiary/aromatic N) is 2. The molecule has 0 aliphatic heterocycles. The van der Waals surface area contributed by atoms with E-state index in [2.05, 4.69) is 17.3 Å². The first-order chi connectivity index (χ1) is 9.43. The number of hydrogen-bond acceptors (Lipinski definition) is 4. The molecule has 0 saturated heterocycles. The van der Waals surface area contributed by atoms with Crippen LogP contribution in [0, 0.1) is 13.8 Å². The van der Waals surface area contributed by atoms with Crippen LogP contribution in [-0.4, -0.2) is 22.0 Å². The summed E-state index contributed by atoms with van der Waals surface area (Å²) in [5.41, 5.74) is 4.16. The van der Waals surface area contributed by atoms with Crippen molar-refractivity contribution in [2.24, 2.45) is 7.05 Å². The lowest BCUT2D eigenvalue weighted by Gasteiger charge is -2.17. The maximum Gasteiger partial charge on any atom is 0.160 e. The normalized spacial score (nSPS) is 12.2. The monoisotopic (exact) mass is 275 g/mol. The Bertz CT molecular complexity index is 620. The van der Waals surface area contributed by atoms with Gasteiger partial charge in [0.2, 0.25) is 0 Å². The fourth-order valence-corrected chi connectivity index (χ4v) is 2.25. The third-order valence-corrected chi connectivity index (χ3v) is 3.57. The number of anilines is 1. The SMILES string of the molecule is COc1cc(C(C)Nc2c(C)nn(C)c2C)ccc1O. The van der Waals surface area contributed by atoms with Crippen LogP contribution in [0.3, 0.4) is 0 Å². The third-order valence-electron chi connectivity index (χ3n) is 3.57. The molecule has 2 aromatic rings. The van der Waals surface area contributed by atoms with Crippen molar-refractivity contribution < 1.29 is 9.84 Å². The second-order valence-corrected chi connectivity index (χ2v) is 4.97. The van der Waals surface area contributed by atoms with Crippen molar-refractivity contribution in [1.82, 2.24) is 9.78 Å². The first kappa shape index (κ1) is 14.2. The number of aryl methyl sites for hydroxylation is 2. The van der Waals surface area contributed by atoms with Gasteiger partial charge in [0, 0.05) is 13.1 Å². The van der Waals surface area contributed by atoms with Crippen molar-refractivity contribution in [3.63, 3.8) is 0 Å². The molecule has 1 aromatic heterocycles. The van der Waals surface area contributed by atoms with E-state index in [0.29, 0.717) is 5.75 Å². The van der Waals surface area contributed by atoms with Gasteiger partial charge in [-0.3, -0.25) is 4.68 Å². The van der Waals surface area contributed by atoms with E-state index in [1.54, 1.807) is 13.2 Å². The number of ether oxygens (including phenoxy) is 1. The molecule has 0 aliphatic rings. The number of nitrogens with one attached hydrogen (secondary N) is 1. The Hall–Kier alpha value is -2.17. The highest BCUT2D eigenvalue weighted by Gasteiger charge is 2.14. The minimum absolute atomic E-state index is 0.0890. The van der Waals surface area contributed by atoms with Crippen LogP contribution in [0.2, 0.25) is 0 Å². The quantitative estimate of drug-likeness (QED) is 0.900. The molecule has 0 amide bonds. The molecule has 2 rings (SSSR count). The van der Waals surface area contributed by atoms with E-state index in [9.17, 15) is 5.11 Å². The molecular formula is C15H21N3O2. The maximum absolute atomic E-state index is 9.64. The van der Waals surface area contributed by atoms with Crippen LogP contribution >= 0.6 is 0 Å². The highest BCUT2D eigenvalue weighted by molar-refractivity contribution is 5.54. The van der Waals surface area contributed by atoms with Crippen molar-refractivity contribution in [2.75, 3.05) is 12.4 Å². The maximum atomic E-state index is 9.64. The fourth-order valence-electron chi connectivity index (χ4n) is 2.25. The lowest BCUT2D eigenvalue weighted by Crippen LogP contribution is -2.08. The number of aromatic nitrogens is 2. The van der Waals surface area contributed by atoms with E-state index in [-0.39, 0.29) is 11.8 Å². The fraction of sp³-hybridized carbons (Fsp3) is 0.400. The van der Waals surface area contributed by atoms with Crippen LogP contribution in [0.5, 0.6) is 11.5 Å². The Balaban J connectivity index is 2.26. The molecule has 108 valence electrons. The topological polar surface area (TPSA) is 59.3 Å². The Morgan fingerprint density at radius 2 is 2.05 bits per heavy atom. The molecule has 2 N–H and O–H groups in total. The number of benzene rings is 1. The van der Waals surface area contributed by atoms with Crippen molar-refractivity contribution in [3.8, 4) is 11.5 Å². The molecule has 0 saturated carbocycles. The summed E-state index contributed by atoms with van der Waals surface area (Å²) < 4.78 is 7.01.